The molecule has 128 valence electrons. The third-order valence-electron chi connectivity index (χ3n) is 4.70. The zero-order valence-corrected chi connectivity index (χ0v) is 15.5. The number of hydrogen-bond acceptors (Lipinski definition) is 3. The van der Waals surface area contributed by atoms with Crippen molar-refractivity contribution in [3.05, 3.63) is 30.3 Å². The second kappa shape index (κ2) is 8.52. The first kappa shape index (κ1) is 17.3. The largest absolute Gasteiger partial charge is 0.680 e. The second-order valence-corrected chi connectivity index (χ2v) is 9.68. The first-order valence-corrected chi connectivity index (χ1v) is 11.8. The van der Waals surface area contributed by atoms with E-state index in [0.29, 0.717) is 0 Å². The predicted molar refractivity (Wildman–Crippen MR) is 94.6 cm³/mol. The number of rotatable bonds is 6. The Morgan fingerprint density at radius 2 is 1.22 bits per heavy atom. The average molecular weight is 355 g/mol. The van der Waals surface area contributed by atoms with Crippen LogP contribution in [0.3, 0.4) is 0 Å². The molecule has 0 saturated heterocycles. The highest BCUT2D eigenvalue weighted by molar-refractivity contribution is 7.09. The molecule has 0 bridgehead atoms. The Kier molecular flexibility index (Phi) is 6.40. The SMILES string of the molecule is Cl[Si](Oc1ccccc1)(OC1CCCCC1)OC1CCCCC1. The van der Waals surface area contributed by atoms with E-state index in [1.165, 1.54) is 38.5 Å². The summed E-state index contributed by atoms with van der Waals surface area (Å²) in [6.45, 7) is 0. The Hall–Kier alpha value is -0.553. The van der Waals surface area contributed by atoms with Crippen LogP contribution in [-0.4, -0.2) is 20.3 Å². The first-order chi connectivity index (χ1) is 11.2. The summed E-state index contributed by atoms with van der Waals surface area (Å²) in [4.78, 5) is 0. The van der Waals surface area contributed by atoms with Crippen LogP contribution < -0.4 is 4.43 Å². The lowest BCUT2D eigenvalue weighted by atomic mass is 9.98. The second-order valence-electron chi connectivity index (χ2n) is 6.65. The molecule has 0 aliphatic heterocycles. The number of halogens is 1. The summed E-state index contributed by atoms with van der Waals surface area (Å²) in [5, 5.41) is 0. The van der Waals surface area contributed by atoms with E-state index in [9.17, 15) is 0 Å². The lowest BCUT2D eigenvalue weighted by Gasteiger charge is -2.34. The van der Waals surface area contributed by atoms with Gasteiger partial charge in [0.2, 0.25) is 0 Å². The van der Waals surface area contributed by atoms with Gasteiger partial charge in [-0.25, -0.2) is 0 Å². The normalized spacial score (nSPS) is 21.3. The molecule has 0 spiro atoms. The van der Waals surface area contributed by atoms with Crippen molar-refractivity contribution >= 4 is 19.2 Å². The summed E-state index contributed by atoms with van der Waals surface area (Å²) in [6.07, 6.45) is 12.0. The van der Waals surface area contributed by atoms with Crippen molar-refractivity contribution in [3.63, 3.8) is 0 Å². The van der Waals surface area contributed by atoms with E-state index in [1.807, 2.05) is 30.3 Å². The maximum atomic E-state index is 6.81. The van der Waals surface area contributed by atoms with Crippen LogP contribution in [0.1, 0.15) is 64.2 Å². The maximum absolute atomic E-state index is 6.81. The van der Waals surface area contributed by atoms with Crippen LogP contribution in [-0.2, 0) is 8.85 Å². The smallest absolute Gasteiger partial charge is 0.490 e. The monoisotopic (exact) mass is 354 g/mol. The zero-order chi connectivity index (χ0) is 16.0. The molecule has 1 aromatic carbocycles. The maximum Gasteiger partial charge on any atom is 0.680 e. The standard InChI is InChI=1S/C18H27ClO3Si/c19-23(20-16-10-4-1-5-11-16,21-17-12-6-2-7-13-17)22-18-14-8-3-9-15-18/h1,4-5,10-11,17-18H,2-3,6-9,12-15H2. The third-order valence-corrected chi connectivity index (χ3v) is 7.18. The number of hydrogen-bond donors (Lipinski definition) is 0. The molecule has 1 aromatic rings. The minimum absolute atomic E-state index is 0.181. The van der Waals surface area contributed by atoms with Gasteiger partial charge in [-0.05, 0) is 37.8 Å². The Balaban J connectivity index is 1.67. The molecule has 0 heterocycles. The molecule has 23 heavy (non-hydrogen) atoms. The lowest BCUT2D eigenvalue weighted by molar-refractivity contribution is 0.0247. The van der Waals surface area contributed by atoms with Gasteiger partial charge < -0.3 is 13.3 Å². The van der Waals surface area contributed by atoms with Crippen LogP contribution in [0.2, 0.25) is 0 Å². The molecular formula is C18H27ClO3Si. The van der Waals surface area contributed by atoms with Gasteiger partial charge in [-0.3, -0.25) is 0 Å². The summed E-state index contributed by atoms with van der Waals surface area (Å²) in [6, 6.07) is 9.69. The highest BCUT2D eigenvalue weighted by Gasteiger charge is 2.47. The fraction of sp³-hybridized carbons (Fsp3) is 0.667. The van der Waals surface area contributed by atoms with E-state index >= 15 is 0 Å². The minimum Gasteiger partial charge on any atom is -0.490 e. The van der Waals surface area contributed by atoms with Crippen molar-refractivity contribution in [2.45, 2.75) is 76.4 Å². The van der Waals surface area contributed by atoms with Crippen LogP contribution in [0.4, 0.5) is 0 Å². The quantitative estimate of drug-likeness (QED) is 0.503. The van der Waals surface area contributed by atoms with E-state index in [1.54, 1.807) is 0 Å². The molecule has 2 aliphatic rings. The van der Waals surface area contributed by atoms with Gasteiger partial charge in [-0.2, -0.15) is 0 Å². The van der Waals surface area contributed by atoms with Gasteiger partial charge in [0, 0.05) is 0 Å². The van der Waals surface area contributed by atoms with Crippen LogP contribution in [0, 0.1) is 0 Å². The molecule has 2 aliphatic carbocycles. The predicted octanol–water partition coefficient (Wildman–Crippen LogP) is 5.44. The van der Waals surface area contributed by atoms with E-state index in [0.717, 1.165) is 31.4 Å². The molecule has 0 atom stereocenters. The zero-order valence-electron chi connectivity index (χ0n) is 13.7. The molecule has 3 rings (SSSR count). The van der Waals surface area contributed by atoms with Crippen molar-refractivity contribution in [1.82, 2.24) is 0 Å². The van der Waals surface area contributed by atoms with Gasteiger partial charge in [0.25, 0.3) is 0 Å². The molecule has 3 nitrogen and oxygen atoms in total. The molecule has 0 unspecified atom stereocenters. The van der Waals surface area contributed by atoms with Crippen molar-refractivity contribution < 1.29 is 13.3 Å². The van der Waals surface area contributed by atoms with Crippen LogP contribution in [0.5, 0.6) is 5.75 Å². The molecule has 0 radical (unpaired) electrons. The van der Waals surface area contributed by atoms with Gasteiger partial charge >= 0.3 is 8.11 Å². The van der Waals surface area contributed by atoms with Crippen molar-refractivity contribution in [2.24, 2.45) is 0 Å². The Labute approximate surface area is 145 Å². The minimum atomic E-state index is -3.19. The van der Waals surface area contributed by atoms with Crippen LogP contribution in [0.25, 0.3) is 0 Å². The average Bonchev–Trinajstić information content (AvgIpc) is 2.57. The molecular weight excluding hydrogens is 328 g/mol. The van der Waals surface area contributed by atoms with Crippen molar-refractivity contribution in [1.29, 1.82) is 0 Å². The highest BCUT2D eigenvalue weighted by atomic mass is 35.6. The highest BCUT2D eigenvalue weighted by Crippen LogP contribution is 2.31. The fourth-order valence-corrected chi connectivity index (χ4v) is 6.33. The Morgan fingerprint density at radius 3 is 1.70 bits per heavy atom. The van der Waals surface area contributed by atoms with Crippen molar-refractivity contribution in [3.8, 4) is 5.75 Å². The lowest BCUT2D eigenvalue weighted by Crippen LogP contribution is -2.49. The van der Waals surface area contributed by atoms with Crippen LogP contribution >= 0.6 is 11.1 Å². The summed E-state index contributed by atoms with van der Waals surface area (Å²) < 4.78 is 18.6. The van der Waals surface area contributed by atoms with E-state index in [2.05, 4.69) is 0 Å². The van der Waals surface area contributed by atoms with Gasteiger partial charge in [-0.15, -0.1) is 0 Å². The first-order valence-electron chi connectivity index (χ1n) is 9.02. The fourth-order valence-electron chi connectivity index (χ4n) is 3.47. The summed E-state index contributed by atoms with van der Waals surface area (Å²) in [5.74, 6) is 0.737. The molecule has 0 aromatic heterocycles. The van der Waals surface area contributed by atoms with E-state index < -0.39 is 8.11 Å². The van der Waals surface area contributed by atoms with Crippen molar-refractivity contribution in [2.75, 3.05) is 0 Å². The van der Waals surface area contributed by atoms with E-state index in [4.69, 9.17) is 24.4 Å². The summed E-state index contributed by atoms with van der Waals surface area (Å²) >= 11 is 6.81. The topological polar surface area (TPSA) is 27.7 Å². The van der Waals surface area contributed by atoms with Gasteiger partial charge in [0.1, 0.15) is 5.75 Å². The van der Waals surface area contributed by atoms with E-state index in [-0.39, 0.29) is 12.2 Å². The van der Waals surface area contributed by atoms with Crippen LogP contribution in [0.15, 0.2) is 30.3 Å². The molecule has 2 saturated carbocycles. The molecule has 0 amide bonds. The summed E-state index contributed by atoms with van der Waals surface area (Å²) in [7, 11) is -3.19. The van der Waals surface area contributed by atoms with Gasteiger partial charge in [0.15, 0.2) is 0 Å². The van der Waals surface area contributed by atoms with Gasteiger partial charge in [0.05, 0.1) is 12.2 Å². The Morgan fingerprint density at radius 1 is 0.739 bits per heavy atom. The summed E-state index contributed by atoms with van der Waals surface area (Å²) in [5.41, 5.74) is 0. The Bertz CT molecular complexity index is 439. The molecule has 5 heteroatoms. The number of benzene rings is 1. The molecule has 2 fully saturated rings. The molecule has 0 N–H and O–H groups in total. The third kappa shape index (κ3) is 5.49. The van der Waals surface area contributed by atoms with Gasteiger partial charge in [-0.1, -0.05) is 67.8 Å². The number of para-hydroxylation sites is 1.